The van der Waals surface area contributed by atoms with E-state index in [0.29, 0.717) is 13.0 Å². The lowest BCUT2D eigenvalue weighted by Gasteiger charge is -2.15. The highest BCUT2D eigenvalue weighted by atomic mass is 16.5. The highest BCUT2D eigenvalue weighted by molar-refractivity contribution is 5.80. The van der Waals surface area contributed by atoms with E-state index in [0.717, 1.165) is 23.3 Å². The van der Waals surface area contributed by atoms with Crippen LogP contribution in [0.2, 0.25) is 0 Å². The van der Waals surface area contributed by atoms with E-state index < -0.39 is 0 Å². The van der Waals surface area contributed by atoms with Crippen molar-refractivity contribution in [2.45, 2.75) is 25.7 Å². The number of phenols is 1. The molecule has 0 radical (unpaired) electrons. The van der Waals surface area contributed by atoms with Crippen molar-refractivity contribution in [2.24, 2.45) is 0 Å². The molecule has 2 aromatic carbocycles. The molecular formula is C19H21NO3. The predicted molar refractivity (Wildman–Crippen MR) is 89.9 cm³/mol. The van der Waals surface area contributed by atoms with Gasteiger partial charge >= 0.3 is 0 Å². The summed E-state index contributed by atoms with van der Waals surface area (Å²) < 4.78 is 5.35. The Labute approximate surface area is 136 Å². The van der Waals surface area contributed by atoms with Crippen LogP contribution in [-0.4, -0.2) is 24.7 Å². The van der Waals surface area contributed by atoms with E-state index in [4.69, 9.17) is 4.74 Å². The Morgan fingerprint density at radius 1 is 1.17 bits per heavy atom. The second-order valence-electron chi connectivity index (χ2n) is 5.77. The third kappa shape index (κ3) is 2.89. The molecule has 1 atom stereocenters. The Morgan fingerprint density at radius 3 is 2.57 bits per heavy atom. The van der Waals surface area contributed by atoms with E-state index in [9.17, 15) is 9.90 Å². The van der Waals surface area contributed by atoms with Crippen LogP contribution >= 0.6 is 0 Å². The first-order valence-corrected chi connectivity index (χ1v) is 7.92. The number of carbonyl (C=O) groups is 1. The summed E-state index contributed by atoms with van der Waals surface area (Å²) >= 11 is 0. The molecule has 1 amide bonds. The first-order valence-electron chi connectivity index (χ1n) is 7.92. The molecule has 0 bridgehead atoms. The minimum atomic E-state index is 0.0602. The topological polar surface area (TPSA) is 58.6 Å². The predicted octanol–water partition coefficient (Wildman–Crippen LogP) is 3.43. The lowest BCUT2D eigenvalue weighted by Crippen LogP contribution is -2.24. The average Bonchev–Trinajstić information content (AvgIpc) is 2.87. The first-order chi connectivity index (χ1) is 11.1. The molecule has 0 fully saturated rings. The fraction of sp³-hybridized carbons (Fsp3) is 0.316. The second-order valence-corrected chi connectivity index (χ2v) is 5.77. The minimum Gasteiger partial charge on any atom is -0.508 e. The van der Waals surface area contributed by atoms with Crippen LogP contribution in [0, 0.1) is 0 Å². The standard InChI is InChI=1S/C19H21NO3/c1-3-19(22)20-9-8-16-17-10-12(21)4-6-14(17)15-7-5-13(23-2)11-18(15)16/h4-7,10-11,16,21H,3,8-9H2,1-2H3,(H,20,22). The Morgan fingerprint density at radius 2 is 1.87 bits per heavy atom. The van der Waals surface area contributed by atoms with E-state index in [2.05, 4.69) is 17.4 Å². The van der Waals surface area contributed by atoms with Gasteiger partial charge in [-0.1, -0.05) is 19.1 Å². The van der Waals surface area contributed by atoms with Crippen LogP contribution in [0.25, 0.3) is 11.1 Å². The van der Waals surface area contributed by atoms with Crippen molar-refractivity contribution in [3.05, 3.63) is 47.5 Å². The van der Waals surface area contributed by atoms with Gasteiger partial charge in [0.1, 0.15) is 11.5 Å². The molecule has 1 aliphatic rings. The zero-order valence-corrected chi connectivity index (χ0v) is 13.4. The van der Waals surface area contributed by atoms with Gasteiger partial charge in [-0.05, 0) is 52.9 Å². The SMILES string of the molecule is CCC(=O)NCCC1c2cc(O)ccc2-c2ccc(OC)cc21. The molecule has 1 aliphatic carbocycles. The van der Waals surface area contributed by atoms with Gasteiger partial charge in [-0.3, -0.25) is 4.79 Å². The molecule has 1 unspecified atom stereocenters. The fourth-order valence-electron chi connectivity index (χ4n) is 3.24. The number of rotatable bonds is 5. The molecule has 2 aromatic rings. The van der Waals surface area contributed by atoms with E-state index >= 15 is 0 Å². The molecule has 0 spiro atoms. The fourth-order valence-corrected chi connectivity index (χ4v) is 3.24. The van der Waals surface area contributed by atoms with Crippen LogP contribution in [0.5, 0.6) is 11.5 Å². The van der Waals surface area contributed by atoms with E-state index in [-0.39, 0.29) is 17.6 Å². The number of phenolic OH excluding ortho intramolecular Hbond substituents is 1. The van der Waals surface area contributed by atoms with Gasteiger partial charge < -0.3 is 15.2 Å². The third-order valence-electron chi connectivity index (χ3n) is 4.41. The van der Waals surface area contributed by atoms with Crippen molar-refractivity contribution in [3.8, 4) is 22.6 Å². The molecule has 0 saturated carbocycles. The van der Waals surface area contributed by atoms with Crippen molar-refractivity contribution >= 4 is 5.91 Å². The van der Waals surface area contributed by atoms with E-state index in [1.165, 1.54) is 11.1 Å². The van der Waals surface area contributed by atoms with Crippen molar-refractivity contribution in [2.75, 3.05) is 13.7 Å². The second kappa shape index (κ2) is 6.32. The molecule has 23 heavy (non-hydrogen) atoms. The van der Waals surface area contributed by atoms with Crippen LogP contribution in [-0.2, 0) is 4.79 Å². The number of hydrogen-bond acceptors (Lipinski definition) is 3. The molecule has 0 aliphatic heterocycles. The van der Waals surface area contributed by atoms with Crippen LogP contribution in [0.1, 0.15) is 36.8 Å². The summed E-state index contributed by atoms with van der Waals surface area (Å²) in [6.45, 7) is 2.46. The number of ether oxygens (including phenoxy) is 1. The molecule has 2 N–H and O–H groups in total. The van der Waals surface area contributed by atoms with E-state index in [1.54, 1.807) is 13.2 Å². The van der Waals surface area contributed by atoms with Gasteiger partial charge in [0.05, 0.1) is 7.11 Å². The smallest absolute Gasteiger partial charge is 0.219 e. The summed E-state index contributed by atoms with van der Waals surface area (Å²) in [4.78, 5) is 11.5. The minimum absolute atomic E-state index is 0.0602. The highest BCUT2D eigenvalue weighted by Gasteiger charge is 2.29. The maximum absolute atomic E-state index is 11.5. The van der Waals surface area contributed by atoms with Crippen molar-refractivity contribution in [3.63, 3.8) is 0 Å². The average molecular weight is 311 g/mol. The molecule has 0 saturated heterocycles. The van der Waals surface area contributed by atoms with Crippen LogP contribution in [0.15, 0.2) is 36.4 Å². The summed E-state index contributed by atoms with van der Waals surface area (Å²) in [5.74, 6) is 1.30. The molecule has 3 rings (SSSR count). The summed E-state index contributed by atoms with van der Waals surface area (Å²) in [5.41, 5.74) is 4.62. The highest BCUT2D eigenvalue weighted by Crippen LogP contribution is 2.48. The lowest BCUT2D eigenvalue weighted by atomic mass is 9.93. The number of hydrogen-bond donors (Lipinski definition) is 2. The summed E-state index contributed by atoms with van der Waals surface area (Å²) in [7, 11) is 1.66. The van der Waals surface area contributed by atoms with Gasteiger partial charge in [0.15, 0.2) is 0 Å². The number of carbonyl (C=O) groups excluding carboxylic acids is 1. The first kappa shape index (κ1) is 15.4. The summed E-state index contributed by atoms with van der Waals surface area (Å²) in [6.07, 6.45) is 1.29. The Bertz CT molecular complexity index is 739. The number of methoxy groups -OCH3 is 1. The normalized spacial score (nSPS) is 15.0. The van der Waals surface area contributed by atoms with Gasteiger partial charge in [-0.15, -0.1) is 0 Å². The Hall–Kier alpha value is -2.49. The van der Waals surface area contributed by atoms with Crippen molar-refractivity contribution in [1.29, 1.82) is 0 Å². The molecular weight excluding hydrogens is 290 g/mol. The van der Waals surface area contributed by atoms with Crippen LogP contribution in [0.3, 0.4) is 0 Å². The molecule has 120 valence electrons. The van der Waals surface area contributed by atoms with Crippen LogP contribution < -0.4 is 10.1 Å². The molecule has 4 nitrogen and oxygen atoms in total. The maximum Gasteiger partial charge on any atom is 0.219 e. The van der Waals surface area contributed by atoms with Crippen LogP contribution in [0.4, 0.5) is 0 Å². The zero-order valence-electron chi connectivity index (χ0n) is 13.4. The number of nitrogens with one attached hydrogen (secondary N) is 1. The quantitative estimate of drug-likeness (QED) is 0.889. The van der Waals surface area contributed by atoms with Gasteiger partial charge in [0, 0.05) is 18.9 Å². The Kier molecular flexibility index (Phi) is 4.24. The third-order valence-corrected chi connectivity index (χ3v) is 4.41. The number of aromatic hydroxyl groups is 1. The Balaban J connectivity index is 1.94. The maximum atomic E-state index is 11.5. The monoisotopic (exact) mass is 311 g/mol. The van der Waals surface area contributed by atoms with Gasteiger partial charge in [0.2, 0.25) is 5.91 Å². The summed E-state index contributed by atoms with van der Waals surface area (Å²) in [6, 6.07) is 11.6. The van der Waals surface area contributed by atoms with E-state index in [1.807, 2.05) is 25.1 Å². The number of amides is 1. The van der Waals surface area contributed by atoms with Crippen molar-refractivity contribution in [1.82, 2.24) is 5.32 Å². The number of benzene rings is 2. The summed E-state index contributed by atoms with van der Waals surface area (Å²) in [5, 5.41) is 12.8. The van der Waals surface area contributed by atoms with Crippen molar-refractivity contribution < 1.29 is 14.6 Å². The van der Waals surface area contributed by atoms with Gasteiger partial charge in [-0.2, -0.15) is 0 Å². The zero-order chi connectivity index (χ0) is 16.4. The number of fused-ring (bicyclic) bond motifs is 3. The molecule has 4 heteroatoms. The van der Waals surface area contributed by atoms with Gasteiger partial charge in [-0.25, -0.2) is 0 Å². The largest absolute Gasteiger partial charge is 0.508 e. The molecule has 0 heterocycles. The lowest BCUT2D eigenvalue weighted by molar-refractivity contribution is -0.120. The molecule has 0 aromatic heterocycles. The van der Waals surface area contributed by atoms with Gasteiger partial charge in [0.25, 0.3) is 0 Å².